The molecule has 0 radical (unpaired) electrons. The van der Waals surface area contributed by atoms with Crippen LogP contribution in [0.15, 0.2) is 30.3 Å². The number of nitrogens with one attached hydrogen (secondary N) is 1. The molecule has 0 aromatic heterocycles. The highest BCUT2D eigenvalue weighted by molar-refractivity contribution is 5.96. The summed E-state index contributed by atoms with van der Waals surface area (Å²) < 4.78 is 0. The summed E-state index contributed by atoms with van der Waals surface area (Å²) >= 11 is 0. The molecule has 0 fully saturated rings. The van der Waals surface area contributed by atoms with Crippen LogP contribution < -0.4 is 5.32 Å². The zero-order valence-corrected chi connectivity index (χ0v) is 24.6. The van der Waals surface area contributed by atoms with Gasteiger partial charge in [0.1, 0.15) is 11.6 Å². The molecule has 0 spiro atoms. The zero-order valence-electron chi connectivity index (χ0n) is 24.6. The Bertz CT molecular complexity index is 890. The molecule has 0 saturated heterocycles. The number of ketones is 3. The highest BCUT2D eigenvalue weighted by Gasteiger charge is 2.36. The Hall–Kier alpha value is -2.34. The topological polar surface area (TPSA) is 101 Å². The Labute approximate surface area is 230 Å². The van der Waals surface area contributed by atoms with Crippen LogP contribution in [-0.2, 0) is 25.6 Å². The van der Waals surface area contributed by atoms with E-state index in [4.69, 9.17) is 5.11 Å². The molecule has 1 aromatic rings. The lowest BCUT2D eigenvalue weighted by atomic mass is 9.78. The Balaban J connectivity index is 2.93. The van der Waals surface area contributed by atoms with Gasteiger partial charge in [-0.1, -0.05) is 83.2 Å². The second-order valence-corrected chi connectivity index (χ2v) is 12.0. The summed E-state index contributed by atoms with van der Waals surface area (Å²) in [6.45, 7) is 11.0. The molecule has 6 heteroatoms. The molecule has 1 amide bonds. The van der Waals surface area contributed by atoms with Crippen molar-refractivity contribution in [3.05, 3.63) is 35.9 Å². The van der Waals surface area contributed by atoms with Crippen molar-refractivity contribution in [2.45, 2.75) is 118 Å². The van der Waals surface area contributed by atoms with E-state index in [1.165, 1.54) is 6.92 Å². The number of hydrogen-bond acceptors (Lipinski definition) is 5. The van der Waals surface area contributed by atoms with Gasteiger partial charge in [0.15, 0.2) is 5.78 Å². The van der Waals surface area contributed by atoms with Crippen LogP contribution in [0.1, 0.15) is 111 Å². The molecular weight excluding hydrogens is 478 g/mol. The van der Waals surface area contributed by atoms with E-state index in [1.54, 1.807) is 13.8 Å². The van der Waals surface area contributed by atoms with Gasteiger partial charge in [0.25, 0.3) is 0 Å². The molecule has 0 bridgehead atoms. The van der Waals surface area contributed by atoms with E-state index < -0.39 is 22.8 Å². The van der Waals surface area contributed by atoms with Gasteiger partial charge in [-0.3, -0.25) is 19.2 Å². The van der Waals surface area contributed by atoms with Crippen molar-refractivity contribution < 1.29 is 24.3 Å². The van der Waals surface area contributed by atoms with Crippen LogP contribution in [0.4, 0.5) is 0 Å². The monoisotopic (exact) mass is 529 g/mol. The van der Waals surface area contributed by atoms with Gasteiger partial charge < -0.3 is 10.4 Å². The average molecular weight is 530 g/mol. The van der Waals surface area contributed by atoms with Crippen LogP contribution in [0, 0.1) is 17.3 Å². The average Bonchev–Trinajstić information content (AvgIpc) is 2.86. The van der Waals surface area contributed by atoms with Crippen molar-refractivity contribution in [1.82, 2.24) is 5.32 Å². The van der Waals surface area contributed by atoms with E-state index in [0.29, 0.717) is 12.8 Å². The predicted octanol–water partition coefficient (Wildman–Crippen LogP) is 6.02. The van der Waals surface area contributed by atoms with E-state index in [2.05, 4.69) is 12.2 Å². The zero-order chi connectivity index (χ0) is 28.8. The largest absolute Gasteiger partial charge is 0.396 e. The highest BCUT2D eigenvalue weighted by atomic mass is 16.3. The summed E-state index contributed by atoms with van der Waals surface area (Å²) in [4.78, 5) is 52.3. The Morgan fingerprint density at radius 2 is 1.45 bits per heavy atom. The summed E-state index contributed by atoms with van der Waals surface area (Å²) in [7, 11) is 0. The summed E-state index contributed by atoms with van der Waals surface area (Å²) in [6, 6.07) is 9.62. The fourth-order valence-electron chi connectivity index (χ4n) is 4.66. The number of benzene rings is 1. The van der Waals surface area contributed by atoms with Gasteiger partial charge in [-0.25, -0.2) is 0 Å². The fraction of sp³-hybridized carbons (Fsp3) is 0.688. The van der Waals surface area contributed by atoms with Crippen molar-refractivity contribution in [3.63, 3.8) is 0 Å². The molecule has 2 atom stereocenters. The molecule has 1 aromatic carbocycles. The van der Waals surface area contributed by atoms with Crippen LogP contribution in [0.5, 0.6) is 0 Å². The molecule has 0 saturated carbocycles. The number of carbonyl (C=O) groups excluding carboxylic acids is 4. The molecule has 6 nitrogen and oxygen atoms in total. The first-order valence-electron chi connectivity index (χ1n) is 14.4. The van der Waals surface area contributed by atoms with Crippen molar-refractivity contribution in [1.29, 1.82) is 0 Å². The number of unbranched alkanes of at least 4 members (excludes halogenated alkanes) is 4. The maximum atomic E-state index is 13.4. The van der Waals surface area contributed by atoms with Gasteiger partial charge in [-0.05, 0) is 52.0 Å². The lowest BCUT2D eigenvalue weighted by molar-refractivity contribution is -0.137. The molecule has 1 rings (SSSR count). The van der Waals surface area contributed by atoms with Gasteiger partial charge in [0.2, 0.25) is 5.91 Å². The molecule has 0 heterocycles. The van der Waals surface area contributed by atoms with Crippen molar-refractivity contribution >= 4 is 23.3 Å². The second-order valence-electron chi connectivity index (χ2n) is 12.0. The van der Waals surface area contributed by atoms with E-state index in [1.807, 2.05) is 44.2 Å². The van der Waals surface area contributed by atoms with Gasteiger partial charge in [0.05, 0.1) is 5.54 Å². The van der Waals surface area contributed by atoms with Crippen LogP contribution in [0.3, 0.4) is 0 Å². The minimum absolute atomic E-state index is 0.0479. The standard InChI is InChI=1S/C32H51NO5/c1-7-8-19-31(3,4)28(36)22-26(18-14-9-10-15-20-34)30(38)33-32(5,6)29(37)23-27(24(2)35)21-25-16-12-11-13-17-25/h11-13,16-17,26-27,34H,7-10,14-15,18-23H2,1-6H3,(H,33,38)/t26-,27-/m1/s1. The summed E-state index contributed by atoms with van der Waals surface area (Å²) in [5.74, 6) is -1.43. The molecule has 0 aliphatic carbocycles. The summed E-state index contributed by atoms with van der Waals surface area (Å²) in [6.07, 6.45) is 7.23. The van der Waals surface area contributed by atoms with Gasteiger partial charge in [-0.15, -0.1) is 0 Å². The SMILES string of the molecule is CCCCC(C)(C)C(=O)C[C@@H](CCCCCCO)C(=O)NC(C)(C)C(=O)C[C@@H](Cc1ccccc1)C(C)=O. The van der Waals surface area contributed by atoms with Gasteiger partial charge >= 0.3 is 0 Å². The minimum Gasteiger partial charge on any atom is -0.396 e. The van der Waals surface area contributed by atoms with E-state index in [0.717, 1.165) is 50.5 Å². The molecule has 214 valence electrons. The van der Waals surface area contributed by atoms with Crippen LogP contribution >= 0.6 is 0 Å². The quantitative estimate of drug-likeness (QED) is 0.201. The number of aliphatic hydroxyl groups excluding tert-OH is 1. The van der Waals surface area contributed by atoms with E-state index in [-0.39, 0.29) is 42.7 Å². The molecular formula is C32H51NO5. The van der Waals surface area contributed by atoms with Gasteiger partial charge in [-0.2, -0.15) is 0 Å². The van der Waals surface area contributed by atoms with E-state index >= 15 is 0 Å². The smallest absolute Gasteiger partial charge is 0.224 e. The van der Waals surface area contributed by atoms with Crippen molar-refractivity contribution in [2.75, 3.05) is 6.61 Å². The Kier molecular flexibility index (Phi) is 14.7. The third-order valence-electron chi connectivity index (χ3n) is 7.64. The van der Waals surface area contributed by atoms with Crippen LogP contribution in [-0.4, -0.2) is 40.5 Å². The first-order chi connectivity index (χ1) is 17.8. The number of Topliss-reactive ketones (excluding diaryl/α,β-unsaturated/α-hetero) is 3. The van der Waals surface area contributed by atoms with Crippen molar-refractivity contribution in [2.24, 2.45) is 17.3 Å². The number of rotatable bonds is 20. The van der Waals surface area contributed by atoms with Crippen LogP contribution in [0.25, 0.3) is 0 Å². The number of aliphatic hydroxyl groups is 1. The maximum absolute atomic E-state index is 13.4. The number of hydrogen-bond donors (Lipinski definition) is 2. The molecule has 0 aliphatic heterocycles. The Morgan fingerprint density at radius 3 is 2.03 bits per heavy atom. The normalized spacial score (nSPS) is 13.6. The highest BCUT2D eigenvalue weighted by Crippen LogP contribution is 2.29. The summed E-state index contributed by atoms with van der Waals surface area (Å²) in [5.41, 5.74) is -0.659. The lowest BCUT2D eigenvalue weighted by Gasteiger charge is -2.30. The first-order valence-corrected chi connectivity index (χ1v) is 14.4. The molecule has 0 unspecified atom stereocenters. The van der Waals surface area contributed by atoms with Crippen LogP contribution in [0.2, 0.25) is 0 Å². The summed E-state index contributed by atoms with van der Waals surface area (Å²) in [5, 5.41) is 12.0. The predicted molar refractivity (Wildman–Crippen MR) is 153 cm³/mol. The second kappa shape index (κ2) is 16.6. The van der Waals surface area contributed by atoms with E-state index in [9.17, 15) is 19.2 Å². The first kappa shape index (κ1) is 33.7. The third kappa shape index (κ3) is 12.0. The van der Waals surface area contributed by atoms with Crippen molar-refractivity contribution in [3.8, 4) is 0 Å². The number of amides is 1. The third-order valence-corrected chi connectivity index (χ3v) is 7.64. The van der Waals surface area contributed by atoms with Gasteiger partial charge in [0, 0.05) is 36.7 Å². The Morgan fingerprint density at radius 1 is 0.842 bits per heavy atom. The molecule has 0 aliphatic rings. The maximum Gasteiger partial charge on any atom is 0.224 e. The lowest BCUT2D eigenvalue weighted by Crippen LogP contribution is -2.52. The minimum atomic E-state index is -1.16. The number of carbonyl (C=O) groups is 4. The fourth-order valence-corrected chi connectivity index (χ4v) is 4.66. The molecule has 38 heavy (non-hydrogen) atoms. The molecule has 2 N–H and O–H groups in total.